The molecule has 1 fully saturated rings. The molecule has 0 aromatic carbocycles. The molecule has 8 nitrogen and oxygen atoms in total. The highest BCUT2D eigenvalue weighted by Crippen LogP contribution is 2.47. The van der Waals surface area contributed by atoms with Crippen LogP contribution in [0.4, 0.5) is 13.2 Å². The number of nitrogens with zero attached hydrogens (tertiary/aromatic N) is 5. The van der Waals surface area contributed by atoms with Crippen LogP contribution in [0.5, 0.6) is 0 Å². The summed E-state index contributed by atoms with van der Waals surface area (Å²) in [4.78, 5) is 4.83. The molecule has 3 heterocycles. The molecule has 0 aliphatic carbocycles. The van der Waals surface area contributed by atoms with Gasteiger partial charge in [0.05, 0.1) is 17.3 Å². The predicted octanol–water partition coefficient (Wildman–Crippen LogP) is 2.19. The number of aromatic nitrogens is 5. The predicted molar refractivity (Wildman–Crippen MR) is 89.9 cm³/mol. The highest BCUT2D eigenvalue weighted by molar-refractivity contribution is 6.68. The Balaban J connectivity index is 2.03. The second-order valence-electron chi connectivity index (χ2n) is 5.84. The van der Waals surface area contributed by atoms with E-state index in [0.29, 0.717) is 4.80 Å². The van der Waals surface area contributed by atoms with Crippen molar-refractivity contribution in [1.82, 2.24) is 36.0 Å². The number of tetrazole rings is 1. The average molecular weight is 467 g/mol. The molecule has 0 amide bonds. The number of hydrogen-bond acceptors (Lipinski definition) is 7. The number of aliphatic hydroxyl groups is 1. The minimum Gasteiger partial charge on any atom is -0.370 e. The summed E-state index contributed by atoms with van der Waals surface area (Å²) < 4.78 is 36.0. The van der Waals surface area contributed by atoms with Gasteiger partial charge in [-0.15, -0.1) is 10.2 Å². The van der Waals surface area contributed by atoms with Gasteiger partial charge in [-0.1, -0.05) is 46.4 Å². The third kappa shape index (κ3) is 3.95. The van der Waals surface area contributed by atoms with Gasteiger partial charge in [-0.3, -0.25) is 4.98 Å². The second-order valence-corrected chi connectivity index (χ2v) is 8.53. The number of hydrogen-bond donors (Lipinski definition) is 3. The molecule has 3 rings (SSSR count). The number of pyridine rings is 1. The molecule has 0 bridgehead atoms. The Labute approximate surface area is 169 Å². The zero-order valence-electron chi connectivity index (χ0n) is 13.0. The molecule has 0 radical (unpaired) electrons. The van der Waals surface area contributed by atoms with E-state index in [4.69, 9.17) is 46.4 Å². The fraction of sp³-hybridized carbons (Fsp3) is 0.500. The number of hydrazine groups is 1. The van der Waals surface area contributed by atoms with Gasteiger partial charge in [-0.05, 0) is 17.3 Å². The molecule has 0 saturated carbocycles. The monoisotopic (exact) mass is 465 g/mol. The van der Waals surface area contributed by atoms with E-state index < -0.39 is 27.1 Å². The molecule has 2 aromatic heterocycles. The van der Waals surface area contributed by atoms with E-state index >= 15 is 0 Å². The lowest BCUT2D eigenvalue weighted by molar-refractivity contribution is -0.145. The lowest BCUT2D eigenvalue weighted by atomic mass is 9.88. The van der Waals surface area contributed by atoms with E-state index in [0.717, 1.165) is 0 Å². The van der Waals surface area contributed by atoms with Crippen LogP contribution in [0, 0.1) is 0 Å². The molecule has 2 unspecified atom stereocenters. The Bertz CT molecular complexity index is 845. The molecule has 1 saturated heterocycles. The van der Waals surface area contributed by atoms with Crippen LogP contribution >= 0.6 is 46.4 Å². The van der Waals surface area contributed by atoms with Gasteiger partial charge in [0.1, 0.15) is 5.54 Å². The quantitative estimate of drug-likeness (QED) is 0.596. The van der Waals surface area contributed by atoms with Gasteiger partial charge in [0.25, 0.3) is 5.82 Å². The van der Waals surface area contributed by atoms with Crippen LogP contribution in [0.1, 0.15) is 17.9 Å². The first-order valence-corrected chi connectivity index (χ1v) is 8.67. The maximum Gasteiger partial charge on any atom is 0.455 e. The van der Waals surface area contributed by atoms with E-state index in [9.17, 15) is 18.3 Å². The zero-order chi connectivity index (χ0) is 20.1. The van der Waals surface area contributed by atoms with Crippen molar-refractivity contribution in [3.8, 4) is 0 Å². The minimum absolute atomic E-state index is 0.163. The lowest BCUT2D eigenvalue weighted by Crippen LogP contribution is -2.53. The number of nitrogens with one attached hydrogen (secondary N) is 2. The van der Waals surface area contributed by atoms with Crippen molar-refractivity contribution in [3.63, 3.8) is 0 Å². The fourth-order valence-corrected chi connectivity index (χ4v) is 3.28. The van der Waals surface area contributed by atoms with Crippen LogP contribution in [0.25, 0.3) is 0 Å². The summed E-state index contributed by atoms with van der Waals surface area (Å²) in [5.74, 6) is -1.42. The molecular formula is C12H10Cl4F3N7O. The number of alkyl halides is 6. The third-order valence-electron chi connectivity index (χ3n) is 3.86. The van der Waals surface area contributed by atoms with Crippen LogP contribution in [0.15, 0.2) is 18.3 Å². The molecule has 0 spiro atoms. The first kappa shape index (κ1) is 20.8. The first-order valence-electron chi connectivity index (χ1n) is 7.16. The van der Waals surface area contributed by atoms with Crippen molar-refractivity contribution in [2.75, 3.05) is 0 Å². The highest BCUT2D eigenvalue weighted by Gasteiger charge is 2.59. The molecule has 15 heteroatoms. The van der Waals surface area contributed by atoms with E-state index in [1.54, 1.807) is 6.07 Å². The van der Waals surface area contributed by atoms with E-state index in [1.807, 2.05) is 0 Å². The minimum atomic E-state index is -4.77. The van der Waals surface area contributed by atoms with Gasteiger partial charge in [-0.2, -0.15) is 18.0 Å². The van der Waals surface area contributed by atoms with Crippen LogP contribution in [-0.4, -0.2) is 39.8 Å². The normalized spacial score (nSPS) is 26.5. The van der Waals surface area contributed by atoms with Crippen molar-refractivity contribution in [3.05, 3.63) is 34.9 Å². The highest BCUT2D eigenvalue weighted by atomic mass is 35.6. The Kier molecular flexibility index (Phi) is 5.26. The summed E-state index contributed by atoms with van der Waals surface area (Å²) in [6.07, 6.45) is -3.70. The van der Waals surface area contributed by atoms with Crippen molar-refractivity contribution in [2.24, 2.45) is 0 Å². The van der Waals surface area contributed by atoms with Gasteiger partial charge in [0.15, 0.2) is 5.72 Å². The smallest absolute Gasteiger partial charge is 0.370 e. The average Bonchev–Trinajstić information content (AvgIpc) is 3.13. The molecule has 3 N–H and O–H groups in total. The van der Waals surface area contributed by atoms with E-state index in [-0.39, 0.29) is 23.7 Å². The van der Waals surface area contributed by atoms with E-state index in [1.165, 1.54) is 12.3 Å². The molecule has 2 aromatic rings. The van der Waals surface area contributed by atoms with Crippen molar-refractivity contribution >= 4 is 46.4 Å². The summed E-state index contributed by atoms with van der Waals surface area (Å²) in [6, 6.07) is 3.06. The van der Waals surface area contributed by atoms with Crippen molar-refractivity contribution in [1.29, 1.82) is 0 Å². The van der Waals surface area contributed by atoms with Gasteiger partial charge in [0, 0.05) is 12.6 Å². The molecule has 27 heavy (non-hydrogen) atoms. The van der Waals surface area contributed by atoms with Crippen LogP contribution in [-0.2, 0) is 18.3 Å². The van der Waals surface area contributed by atoms with Gasteiger partial charge in [0.2, 0.25) is 3.79 Å². The molecule has 1 aliphatic rings. The summed E-state index contributed by atoms with van der Waals surface area (Å²) in [6.45, 7) is -0.358. The second kappa shape index (κ2) is 6.83. The Morgan fingerprint density at radius 2 is 1.96 bits per heavy atom. The first-order chi connectivity index (χ1) is 12.4. The topological polar surface area (TPSA) is 101 Å². The van der Waals surface area contributed by atoms with Gasteiger partial charge >= 0.3 is 6.18 Å². The maximum atomic E-state index is 12.7. The van der Waals surface area contributed by atoms with Gasteiger partial charge < -0.3 is 5.11 Å². The van der Waals surface area contributed by atoms with Crippen LogP contribution < -0.4 is 10.9 Å². The number of halogens is 7. The zero-order valence-corrected chi connectivity index (χ0v) is 16.0. The summed E-state index contributed by atoms with van der Waals surface area (Å²) >= 11 is 23.7. The van der Waals surface area contributed by atoms with Crippen LogP contribution in [0.2, 0.25) is 5.02 Å². The molecule has 148 valence electrons. The maximum absolute atomic E-state index is 12.7. The summed E-state index contributed by atoms with van der Waals surface area (Å²) in [5, 5.41) is 20.5. The fourth-order valence-electron chi connectivity index (χ4n) is 2.64. The summed E-state index contributed by atoms with van der Waals surface area (Å²) in [5.41, 5.74) is 1.83. The largest absolute Gasteiger partial charge is 0.455 e. The Hall–Kier alpha value is -0.950. The SMILES string of the molecule is OC1(C(Cl)(Cl)Cl)CC(Cn2nnc(C(F)(F)F)n2)(c2ncccc2Cl)NN1. The van der Waals surface area contributed by atoms with Crippen molar-refractivity contribution in [2.45, 2.75) is 34.2 Å². The Morgan fingerprint density at radius 3 is 2.48 bits per heavy atom. The lowest BCUT2D eigenvalue weighted by Gasteiger charge is -2.32. The van der Waals surface area contributed by atoms with Gasteiger partial charge in [-0.25, -0.2) is 10.9 Å². The van der Waals surface area contributed by atoms with E-state index in [2.05, 4.69) is 31.2 Å². The third-order valence-corrected chi connectivity index (χ3v) is 5.11. The Morgan fingerprint density at radius 1 is 1.26 bits per heavy atom. The molecule has 2 atom stereocenters. The van der Waals surface area contributed by atoms with Crippen LogP contribution in [0.3, 0.4) is 0 Å². The number of rotatable bonds is 3. The van der Waals surface area contributed by atoms with Crippen molar-refractivity contribution < 1.29 is 18.3 Å². The standard InChI is InChI=1S/C12H10Cl4F3N7O/c13-6-2-1-3-20-7(6)9(4-10(27,24-23-9)12(14,15)16)5-26-22-8(21-25-26)11(17,18)19/h1-3,23-24,27H,4-5H2. The molecule has 1 aliphatic heterocycles. The summed E-state index contributed by atoms with van der Waals surface area (Å²) in [7, 11) is 0. The molecular weight excluding hydrogens is 457 g/mol.